The highest BCUT2D eigenvalue weighted by molar-refractivity contribution is 7.11. The van der Waals surface area contributed by atoms with Crippen LogP contribution in [0.5, 0.6) is 5.75 Å². The van der Waals surface area contributed by atoms with Gasteiger partial charge in [0.15, 0.2) is 5.96 Å². The molecule has 0 atom stereocenters. The van der Waals surface area contributed by atoms with Gasteiger partial charge in [0.25, 0.3) is 0 Å². The van der Waals surface area contributed by atoms with E-state index in [0.29, 0.717) is 13.1 Å². The maximum absolute atomic E-state index is 5.75. The number of guanidine groups is 1. The Kier molecular flexibility index (Phi) is 7.55. The number of aliphatic imine (C=N–C) groups is 1. The lowest BCUT2D eigenvalue weighted by Crippen LogP contribution is -2.36. The fourth-order valence-corrected chi connectivity index (χ4v) is 2.86. The summed E-state index contributed by atoms with van der Waals surface area (Å²) in [4.78, 5) is 9.81. The first-order valence-corrected chi connectivity index (χ1v) is 9.10. The molecule has 24 heavy (non-hydrogen) atoms. The van der Waals surface area contributed by atoms with Crippen LogP contribution in [0.15, 0.2) is 35.5 Å². The highest BCUT2D eigenvalue weighted by Gasteiger charge is 2.03. The van der Waals surface area contributed by atoms with Crippen LogP contribution in [0.4, 0.5) is 0 Å². The average molecular weight is 346 g/mol. The minimum absolute atomic E-state index is 0.679. The van der Waals surface area contributed by atoms with Crippen molar-refractivity contribution in [2.75, 3.05) is 13.7 Å². The van der Waals surface area contributed by atoms with Crippen molar-refractivity contribution >= 4 is 17.3 Å². The molecule has 5 nitrogen and oxygen atoms in total. The molecule has 0 aliphatic rings. The molecule has 0 saturated heterocycles. The van der Waals surface area contributed by atoms with Crippen LogP contribution in [0.1, 0.15) is 35.2 Å². The molecule has 0 aliphatic heterocycles. The largest absolute Gasteiger partial charge is 0.494 e. The SMILES string of the molecule is CCCCOc1cccc(CNC(=NC)NCc2ncc(C)s2)c1. The summed E-state index contributed by atoms with van der Waals surface area (Å²) in [6.45, 7) is 6.36. The number of ether oxygens (including phenoxy) is 1. The van der Waals surface area contributed by atoms with Crippen molar-refractivity contribution in [3.63, 3.8) is 0 Å². The third-order valence-corrected chi connectivity index (χ3v) is 4.34. The molecule has 2 N–H and O–H groups in total. The molecule has 0 bridgehead atoms. The van der Waals surface area contributed by atoms with Gasteiger partial charge in [-0.1, -0.05) is 25.5 Å². The maximum Gasteiger partial charge on any atom is 0.191 e. The van der Waals surface area contributed by atoms with Crippen LogP contribution < -0.4 is 15.4 Å². The first-order chi connectivity index (χ1) is 11.7. The van der Waals surface area contributed by atoms with Crippen LogP contribution in [-0.4, -0.2) is 24.6 Å². The Morgan fingerprint density at radius 1 is 1.29 bits per heavy atom. The summed E-state index contributed by atoms with van der Waals surface area (Å²) < 4.78 is 5.75. The van der Waals surface area contributed by atoms with E-state index < -0.39 is 0 Å². The molecular formula is C18H26N4OS. The van der Waals surface area contributed by atoms with E-state index in [1.807, 2.05) is 18.3 Å². The lowest BCUT2D eigenvalue weighted by Gasteiger charge is -2.12. The summed E-state index contributed by atoms with van der Waals surface area (Å²) in [6.07, 6.45) is 4.11. The van der Waals surface area contributed by atoms with Gasteiger partial charge in [0, 0.05) is 24.7 Å². The Labute approximate surface area is 148 Å². The van der Waals surface area contributed by atoms with Gasteiger partial charge < -0.3 is 15.4 Å². The number of aryl methyl sites for hydroxylation is 1. The quantitative estimate of drug-likeness (QED) is 0.436. The van der Waals surface area contributed by atoms with Crippen molar-refractivity contribution in [2.24, 2.45) is 4.99 Å². The number of rotatable bonds is 8. The number of nitrogens with one attached hydrogen (secondary N) is 2. The van der Waals surface area contributed by atoms with Crippen LogP contribution >= 0.6 is 11.3 Å². The first kappa shape index (κ1) is 18.3. The molecule has 0 radical (unpaired) electrons. The Hall–Kier alpha value is -2.08. The van der Waals surface area contributed by atoms with E-state index in [1.165, 1.54) is 4.88 Å². The molecule has 0 fully saturated rings. The van der Waals surface area contributed by atoms with Crippen LogP contribution in [0, 0.1) is 6.92 Å². The predicted molar refractivity (Wildman–Crippen MR) is 101 cm³/mol. The molecule has 2 rings (SSSR count). The van der Waals surface area contributed by atoms with Gasteiger partial charge >= 0.3 is 0 Å². The fourth-order valence-electron chi connectivity index (χ4n) is 2.13. The molecule has 0 aliphatic carbocycles. The Morgan fingerprint density at radius 3 is 2.83 bits per heavy atom. The Bertz CT molecular complexity index is 654. The average Bonchev–Trinajstić information content (AvgIpc) is 3.01. The Morgan fingerprint density at radius 2 is 2.12 bits per heavy atom. The van der Waals surface area contributed by atoms with Gasteiger partial charge in [0.2, 0.25) is 0 Å². The summed E-state index contributed by atoms with van der Waals surface area (Å²) in [7, 11) is 1.77. The number of unbranched alkanes of at least 4 members (excludes halogenated alkanes) is 1. The van der Waals surface area contributed by atoms with Gasteiger partial charge in [-0.05, 0) is 31.0 Å². The van der Waals surface area contributed by atoms with E-state index >= 15 is 0 Å². The van der Waals surface area contributed by atoms with Gasteiger partial charge in [-0.3, -0.25) is 4.99 Å². The second kappa shape index (κ2) is 9.93. The second-order valence-corrected chi connectivity index (χ2v) is 6.81. The molecule has 1 heterocycles. The van der Waals surface area contributed by atoms with Crippen molar-refractivity contribution < 1.29 is 4.74 Å². The van der Waals surface area contributed by atoms with Crippen LogP contribution in [0.2, 0.25) is 0 Å². The van der Waals surface area contributed by atoms with Gasteiger partial charge in [-0.15, -0.1) is 11.3 Å². The maximum atomic E-state index is 5.75. The summed E-state index contributed by atoms with van der Waals surface area (Å²) >= 11 is 1.69. The second-order valence-electron chi connectivity index (χ2n) is 5.49. The van der Waals surface area contributed by atoms with E-state index in [1.54, 1.807) is 18.4 Å². The molecular weight excluding hydrogens is 320 g/mol. The van der Waals surface area contributed by atoms with Gasteiger partial charge in [-0.2, -0.15) is 0 Å². The zero-order valence-electron chi connectivity index (χ0n) is 14.6. The number of aromatic nitrogens is 1. The summed E-state index contributed by atoms with van der Waals surface area (Å²) in [5, 5.41) is 7.66. The first-order valence-electron chi connectivity index (χ1n) is 8.29. The van der Waals surface area contributed by atoms with Crippen LogP contribution in [-0.2, 0) is 13.1 Å². The monoisotopic (exact) mass is 346 g/mol. The lowest BCUT2D eigenvalue weighted by atomic mass is 10.2. The number of benzene rings is 1. The number of thiazole rings is 1. The van der Waals surface area contributed by atoms with E-state index in [9.17, 15) is 0 Å². The fraction of sp³-hybridized carbons (Fsp3) is 0.444. The topological polar surface area (TPSA) is 58.5 Å². The highest BCUT2D eigenvalue weighted by atomic mass is 32.1. The van der Waals surface area contributed by atoms with E-state index in [2.05, 4.69) is 46.6 Å². The van der Waals surface area contributed by atoms with E-state index in [-0.39, 0.29) is 0 Å². The Balaban J connectivity index is 1.81. The summed E-state index contributed by atoms with van der Waals surface area (Å²) in [5.41, 5.74) is 1.16. The third-order valence-electron chi connectivity index (χ3n) is 3.42. The smallest absolute Gasteiger partial charge is 0.191 e. The van der Waals surface area contributed by atoms with Crippen LogP contribution in [0.25, 0.3) is 0 Å². The summed E-state index contributed by atoms with van der Waals surface area (Å²) in [6, 6.07) is 8.17. The van der Waals surface area contributed by atoms with Crippen molar-refractivity contribution in [3.05, 3.63) is 45.9 Å². The molecule has 0 amide bonds. The molecule has 1 aromatic carbocycles. The molecule has 6 heteroatoms. The molecule has 0 spiro atoms. The molecule has 2 aromatic rings. The van der Waals surface area contributed by atoms with Crippen molar-refractivity contribution in [2.45, 2.75) is 39.8 Å². The molecule has 0 saturated carbocycles. The predicted octanol–water partition coefficient (Wildman–Crippen LogP) is 3.50. The van der Waals surface area contributed by atoms with Gasteiger partial charge in [0.1, 0.15) is 10.8 Å². The lowest BCUT2D eigenvalue weighted by molar-refractivity contribution is 0.309. The third kappa shape index (κ3) is 6.20. The van der Waals surface area contributed by atoms with Gasteiger partial charge in [-0.25, -0.2) is 4.98 Å². The zero-order chi connectivity index (χ0) is 17.2. The van der Waals surface area contributed by atoms with Gasteiger partial charge in [0.05, 0.1) is 13.2 Å². The number of hydrogen-bond donors (Lipinski definition) is 2. The van der Waals surface area contributed by atoms with Crippen molar-refractivity contribution in [1.82, 2.24) is 15.6 Å². The zero-order valence-corrected chi connectivity index (χ0v) is 15.4. The van der Waals surface area contributed by atoms with Crippen molar-refractivity contribution in [1.29, 1.82) is 0 Å². The minimum Gasteiger partial charge on any atom is -0.494 e. The van der Waals surface area contributed by atoms with Crippen LogP contribution in [0.3, 0.4) is 0 Å². The van der Waals surface area contributed by atoms with E-state index in [4.69, 9.17) is 4.74 Å². The molecule has 0 unspecified atom stereocenters. The number of hydrogen-bond acceptors (Lipinski definition) is 4. The number of nitrogens with zero attached hydrogens (tertiary/aromatic N) is 2. The standard InChI is InChI=1S/C18H26N4OS/c1-4-5-9-23-16-8-6-7-15(10-16)12-21-18(19-3)22-13-17-20-11-14(2)24-17/h6-8,10-11H,4-5,9,12-13H2,1-3H3,(H2,19,21,22). The van der Waals surface area contributed by atoms with E-state index in [0.717, 1.165) is 41.7 Å². The molecule has 1 aromatic heterocycles. The minimum atomic E-state index is 0.679. The normalized spacial score (nSPS) is 11.4. The highest BCUT2D eigenvalue weighted by Crippen LogP contribution is 2.14. The van der Waals surface area contributed by atoms with Crippen molar-refractivity contribution in [3.8, 4) is 5.75 Å². The summed E-state index contributed by atoms with van der Waals surface area (Å²) in [5.74, 6) is 1.68. The molecule has 130 valence electrons.